The van der Waals surface area contributed by atoms with E-state index in [0.29, 0.717) is 0 Å². The summed E-state index contributed by atoms with van der Waals surface area (Å²) in [6.07, 6.45) is 5.21. The van der Waals surface area contributed by atoms with Crippen LogP contribution in [0.4, 0.5) is 5.69 Å². The van der Waals surface area contributed by atoms with Crippen molar-refractivity contribution in [3.63, 3.8) is 0 Å². The Hall–Kier alpha value is -1.09. The Labute approximate surface area is 105 Å². The first-order valence-electron chi connectivity index (χ1n) is 6.69. The van der Waals surface area contributed by atoms with Gasteiger partial charge in [0.25, 0.3) is 0 Å². The van der Waals surface area contributed by atoms with Crippen LogP contribution in [0.3, 0.4) is 0 Å². The third-order valence-corrected chi connectivity index (χ3v) is 2.94. The maximum absolute atomic E-state index is 5.96. The summed E-state index contributed by atoms with van der Waals surface area (Å²) in [5.74, 6) is 0. The predicted molar refractivity (Wildman–Crippen MR) is 74.3 cm³/mol. The molecule has 0 aliphatic carbocycles. The molecule has 1 rings (SSSR count). The summed E-state index contributed by atoms with van der Waals surface area (Å²) in [5, 5.41) is 0. The van der Waals surface area contributed by atoms with E-state index < -0.39 is 0 Å². The van der Waals surface area contributed by atoms with Gasteiger partial charge in [-0.15, -0.1) is 0 Å². The molecular formula is C14H25N3. The predicted octanol–water partition coefficient (Wildman–Crippen LogP) is 3.12. The number of nitrogens with zero attached hydrogens (tertiary/aromatic N) is 2. The molecule has 1 aromatic heterocycles. The molecule has 0 spiro atoms. The third-order valence-electron chi connectivity index (χ3n) is 2.94. The molecule has 0 aliphatic rings. The highest BCUT2D eigenvalue weighted by molar-refractivity contribution is 5.44. The molecular weight excluding hydrogens is 210 g/mol. The summed E-state index contributed by atoms with van der Waals surface area (Å²) in [7, 11) is 0. The monoisotopic (exact) mass is 235 g/mol. The second-order valence-electron chi connectivity index (χ2n) is 4.44. The number of aromatic nitrogens is 1. The van der Waals surface area contributed by atoms with Crippen LogP contribution in [0.5, 0.6) is 0 Å². The number of nitrogens with two attached hydrogens (primary N) is 1. The molecule has 1 heterocycles. The van der Waals surface area contributed by atoms with Gasteiger partial charge in [0, 0.05) is 19.1 Å². The minimum Gasteiger partial charge on any atom is -0.370 e. The van der Waals surface area contributed by atoms with Crippen LogP contribution in [0, 0.1) is 0 Å². The van der Waals surface area contributed by atoms with Gasteiger partial charge in [-0.3, -0.25) is 4.98 Å². The summed E-state index contributed by atoms with van der Waals surface area (Å²) in [6, 6.07) is 4.26. The Kier molecular flexibility index (Phi) is 5.98. The van der Waals surface area contributed by atoms with Gasteiger partial charge in [-0.2, -0.15) is 0 Å². The van der Waals surface area contributed by atoms with Gasteiger partial charge >= 0.3 is 0 Å². The minimum absolute atomic E-state index is 0.0647. The number of rotatable bonds is 7. The second kappa shape index (κ2) is 7.28. The zero-order valence-corrected chi connectivity index (χ0v) is 11.3. The molecule has 0 radical (unpaired) electrons. The van der Waals surface area contributed by atoms with Crippen molar-refractivity contribution < 1.29 is 0 Å². The van der Waals surface area contributed by atoms with Crippen molar-refractivity contribution in [1.82, 2.24) is 4.98 Å². The van der Waals surface area contributed by atoms with Crippen molar-refractivity contribution >= 4 is 5.69 Å². The van der Waals surface area contributed by atoms with E-state index in [4.69, 9.17) is 5.73 Å². The molecule has 3 heteroatoms. The Balaban J connectivity index is 2.76. The molecule has 17 heavy (non-hydrogen) atoms. The molecule has 0 bridgehead atoms. The van der Waals surface area contributed by atoms with Crippen LogP contribution in [0.15, 0.2) is 18.3 Å². The highest BCUT2D eigenvalue weighted by Gasteiger charge is 2.07. The molecule has 0 fully saturated rings. The number of pyridine rings is 1. The van der Waals surface area contributed by atoms with Crippen LogP contribution in [-0.2, 0) is 0 Å². The zero-order chi connectivity index (χ0) is 12.7. The smallest absolute Gasteiger partial charge is 0.0572 e. The summed E-state index contributed by atoms with van der Waals surface area (Å²) in [4.78, 5) is 6.85. The fourth-order valence-corrected chi connectivity index (χ4v) is 1.92. The fourth-order valence-electron chi connectivity index (χ4n) is 1.92. The van der Waals surface area contributed by atoms with Crippen molar-refractivity contribution in [2.45, 2.75) is 46.1 Å². The lowest BCUT2D eigenvalue weighted by molar-refractivity contribution is 0.673. The summed E-state index contributed by atoms with van der Waals surface area (Å²) < 4.78 is 0. The molecule has 3 nitrogen and oxygen atoms in total. The van der Waals surface area contributed by atoms with Crippen LogP contribution in [0.25, 0.3) is 0 Å². The van der Waals surface area contributed by atoms with Gasteiger partial charge in [-0.25, -0.2) is 0 Å². The Morgan fingerprint density at radius 2 is 1.82 bits per heavy atom. The fraction of sp³-hybridized carbons (Fsp3) is 0.643. The Bertz CT molecular complexity index is 302. The van der Waals surface area contributed by atoms with Crippen molar-refractivity contribution in [3.8, 4) is 0 Å². The van der Waals surface area contributed by atoms with Crippen LogP contribution in [-0.4, -0.2) is 18.1 Å². The SMILES string of the molecule is CCCN(CCC)c1ccc(C(N)CC)nc1. The number of anilines is 1. The van der Waals surface area contributed by atoms with Gasteiger partial charge in [0.2, 0.25) is 0 Å². The topological polar surface area (TPSA) is 42.1 Å². The highest BCUT2D eigenvalue weighted by Crippen LogP contribution is 2.17. The first-order valence-corrected chi connectivity index (χ1v) is 6.69. The first-order chi connectivity index (χ1) is 8.22. The third kappa shape index (κ3) is 4.00. The standard InChI is InChI=1S/C14H25N3/c1-4-9-17(10-5-2)12-7-8-14(16-11-12)13(15)6-3/h7-8,11,13H,4-6,9-10,15H2,1-3H3. The number of hydrogen-bond acceptors (Lipinski definition) is 3. The van der Waals surface area contributed by atoms with Crippen LogP contribution >= 0.6 is 0 Å². The molecule has 0 amide bonds. The Morgan fingerprint density at radius 3 is 2.24 bits per heavy atom. The van der Waals surface area contributed by atoms with Gasteiger partial charge in [0.05, 0.1) is 17.6 Å². The van der Waals surface area contributed by atoms with E-state index in [1.54, 1.807) is 0 Å². The summed E-state index contributed by atoms with van der Waals surface area (Å²) >= 11 is 0. The van der Waals surface area contributed by atoms with Crippen molar-refractivity contribution in [3.05, 3.63) is 24.0 Å². The van der Waals surface area contributed by atoms with E-state index >= 15 is 0 Å². The van der Waals surface area contributed by atoms with Gasteiger partial charge < -0.3 is 10.6 Å². The van der Waals surface area contributed by atoms with Crippen molar-refractivity contribution in [2.75, 3.05) is 18.0 Å². The van der Waals surface area contributed by atoms with Gasteiger partial charge in [-0.1, -0.05) is 20.8 Å². The van der Waals surface area contributed by atoms with Crippen LogP contribution in [0.1, 0.15) is 51.8 Å². The molecule has 0 saturated heterocycles. The highest BCUT2D eigenvalue weighted by atomic mass is 15.1. The van der Waals surface area contributed by atoms with E-state index in [1.165, 1.54) is 5.69 Å². The molecule has 0 saturated carbocycles. The largest absolute Gasteiger partial charge is 0.370 e. The van der Waals surface area contributed by atoms with E-state index in [2.05, 4.69) is 42.8 Å². The zero-order valence-electron chi connectivity index (χ0n) is 11.3. The normalized spacial score (nSPS) is 12.5. The van der Waals surface area contributed by atoms with Crippen molar-refractivity contribution in [1.29, 1.82) is 0 Å². The lowest BCUT2D eigenvalue weighted by atomic mass is 10.1. The maximum atomic E-state index is 5.96. The minimum atomic E-state index is 0.0647. The van der Waals surface area contributed by atoms with Gasteiger partial charge in [-0.05, 0) is 31.4 Å². The van der Waals surface area contributed by atoms with Gasteiger partial charge in [0.1, 0.15) is 0 Å². The summed E-state index contributed by atoms with van der Waals surface area (Å²) in [6.45, 7) is 8.68. The van der Waals surface area contributed by atoms with E-state index in [9.17, 15) is 0 Å². The molecule has 1 aromatic rings. The maximum Gasteiger partial charge on any atom is 0.0572 e. The van der Waals surface area contributed by atoms with Crippen LogP contribution in [0.2, 0.25) is 0 Å². The molecule has 1 atom stereocenters. The average Bonchev–Trinajstić information content (AvgIpc) is 2.38. The second-order valence-corrected chi connectivity index (χ2v) is 4.44. The molecule has 0 aliphatic heterocycles. The first kappa shape index (κ1) is 14.0. The van der Waals surface area contributed by atoms with E-state index in [0.717, 1.165) is 38.0 Å². The molecule has 2 N–H and O–H groups in total. The summed E-state index contributed by atoms with van der Waals surface area (Å²) in [5.41, 5.74) is 8.16. The molecule has 96 valence electrons. The molecule has 0 aromatic carbocycles. The average molecular weight is 235 g/mol. The Morgan fingerprint density at radius 1 is 1.18 bits per heavy atom. The van der Waals surface area contributed by atoms with Crippen molar-refractivity contribution in [2.24, 2.45) is 5.73 Å². The van der Waals surface area contributed by atoms with E-state index in [1.807, 2.05) is 6.20 Å². The quantitative estimate of drug-likeness (QED) is 0.789. The number of hydrogen-bond donors (Lipinski definition) is 1. The van der Waals surface area contributed by atoms with E-state index in [-0.39, 0.29) is 6.04 Å². The lowest BCUT2D eigenvalue weighted by Crippen LogP contribution is -2.25. The van der Waals surface area contributed by atoms with Crippen LogP contribution < -0.4 is 10.6 Å². The molecule has 1 unspecified atom stereocenters. The van der Waals surface area contributed by atoms with Gasteiger partial charge in [0.15, 0.2) is 0 Å². The lowest BCUT2D eigenvalue weighted by Gasteiger charge is -2.23.